The fourth-order valence-corrected chi connectivity index (χ4v) is 4.85. The van der Waals surface area contributed by atoms with E-state index in [0.29, 0.717) is 0 Å². The van der Waals surface area contributed by atoms with Crippen LogP contribution < -0.4 is 0 Å². The lowest BCUT2D eigenvalue weighted by Crippen LogP contribution is -1.76. The number of benzene rings is 2. The summed E-state index contributed by atoms with van der Waals surface area (Å²) in [4.78, 5) is 0. The summed E-state index contributed by atoms with van der Waals surface area (Å²) in [6.45, 7) is 0. The molecule has 0 fully saturated rings. The van der Waals surface area contributed by atoms with E-state index in [2.05, 4.69) is 95.6 Å². The zero-order valence-corrected chi connectivity index (χ0v) is 18.3. The molecule has 0 spiro atoms. The highest BCUT2D eigenvalue weighted by Gasteiger charge is 2.19. The predicted octanol–water partition coefficient (Wildman–Crippen LogP) is 8.16. The van der Waals surface area contributed by atoms with Gasteiger partial charge in [0, 0.05) is 28.7 Å². The van der Waals surface area contributed by atoms with Crippen LogP contribution in [0, 0.1) is 0 Å². The maximum Gasteiger partial charge on any atom is 0.150 e. The van der Waals surface area contributed by atoms with Gasteiger partial charge >= 0.3 is 0 Å². The van der Waals surface area contributed by atoms with Crippen LogP contribution in [0.25, 0.3) is 21.9 Å². The molecule has 0 radical (unpaired) electrons. The SMILES string of the molecule is Brc1cc2c(oc3c(Br)c(Br)c(Br)cc32)c(Br)c1Br. The summed E-state index contributed by atoms with van der Waals surface area (Å²) < 4.78 is 11.6. The maximum atomic E-state index is 5.99. The minimum absolute atomic E-state index is 0.816. The molecular formula is C12H2Br6O. The highest BCUT2D eigenvalue weighted by Crippen LogP contribution is 2.46. The lowest BCUT2D eigenvalue weighted by atomic mass is 10.1. The second-order valence-corrected chi connectivity index (χ2v) is 8.71. The topological polar surface area (TPSA) is 13.1 Å². The molecule has 0 saturated heterocycles. The van der Waals surface area contributed by atoms with Gasteiger partial charge in [-0.2, -0.15) is 0 Å². The van der Waals surface area contributed by atoms with Crippen LogP contribution in [0.2, 0.25) is 0 Å². The molecule has 7 heteroatoms. The molecule has 1 heterocycles. The number of hydrogen-bond donors (Lipinski definition) is 0. The summed E-state index contributed by atoms with van der Waals surface area (Å²) in [6, 6.07) is 4.09. The molecule has 0 bridgehead atoms. The van der Waals surface area contributed by atoms with Crippen LogP contribution in [0.3, 0.4) is 0 Å². The van der Waals surface area contributed by atoms with Crippen LogP contribution in [0.15, 0.2) is 43.4 Å². The highest BCUT2D eigenvalue weighted by molar-refractivity contribution is 9.15. The Labute approximate surface area is 159 Å². The first-order valence-electron chi connectivity index (χ1n) is 4.95. The molecule has 0 saturated carbocycles. The number of rotatable bonds is 0. The van der Waals surface area contributed by atoms with Gasteiger partial charge in [-0.25, -0.2) is 0 Å². The van der Waals surface area contributed by atoms with Crippen molar-refractivity contribution < 1.29 is 4.42 Å². The third-order valence-electron chi connectivity index (χ3n) is 2.73. The molecule has 1 aromatic heterocycles. The van der Waals surface area contributed by atoms with Crippen molar-refractivity contribution >= 4 is 118 Å². The smallest absolute Gasteiger partial charge is 0.150 e. The van der Waals surface area contributed by atoms with Gasteiger partial charge in [0.1, 0.15) is 0 Å². The van der Waals surface area contributed by atoms with Gasteiger partial charge in [-0.05, 0) is 108 Å². The molecule has 98 valence electrons. The van der Waals surface area contributed by atoms with Crippen molar-refractivity contribution in [2.24, 2.45) is 0 Å². The Morgan fingerprint density at radius 3 is 1.32 bits per heavy atom. The standard InChI is InChI=1S/C12H2Br6O/c13-5-1-3-4-2-6(14)8(16)10(18)12(4)19-11(3)9(17)7(5)15/h1-2H. The first kappa shape index (κ1) is 15.0. The van der Waals surface area contributed by atoms with Crippen LogP contribution in [0.4, 0.5) is 0 Å². The van der Waals surface area contributed by atoms with Crippen molar-refractivity contribution in [3.8, 4) is 0 Å². The van der Waals surface area contributed by atoms with Gasteiger partial charge in [-0.3, -0.25) is 0 Å². The first-order chi connectivity index (χ1) is 8.91. The van der Waals surface area contributed by atoms with Gasteiger partial charge in [0.25, 0.3) is 0 Å². The Bertz CT molecular complexity index is 767. The van der Waals surface area contributed by atoms with Crippen LogP contribution in [-0.4, -0.2) is 0 Å². The molecule has 0 N–H and O–H groups in total. The van der Waals surface area contributed by atoms with E-state index in [1.807, 2.05) is 12.1 Å². The van der Waals surface area contributed by atoms with E-state index in [1.54, 1.807) is 0 Å². The van der Waals surface area contributed by atoms with Crippen molar-refractivity contribution in [2.45, 2.75) is 0 Å². The van der Waals surface area contributed by atoms with Gasteiger partial charge in [-0.1, -0.05) is 0 Å². The molecule has 0 aliphatic rings. The minimum Gasteiger partial charge on any atom is -0.454 e. The van der Waals surface area contributed by atoms with Gasteiger partial charge in [0.2, 0.25) is 0 Å². The average molecular weight is 642 g/mol. The van der Waals surface area contributed by atoms with Crippen LogP contribution >= 0.6 is 95.6 Å². The van der Waals surface area contributed by atoms with Crippen molar-refractivity contribution in [3.05, 3.63) is 39.0 Å². The third kappa shape index (κ3) is 2.32. The lowest BCUT2D eigenvalue weighted by molar-refractivity contribution is 0.664. The van der Waals surface area contributed by atoms with Crippen molar-refractivity contribution in [1.82, 2.24) is 0 Å². The molecule has 19 heavy (non-hydrogen) atoms. The zero-order chi connectivity index (χ0) is 13.9. The van der Waals surface area contributed by atoms with Gasteiger partial charge in [0.05, 0.1) is 8.95 Å². The molecule has 0 atom stereocenters. The lowest BCUT2D eigenvalue weighted by Gasteiger charge is -2.01. The van der Waals surface area contributed by atoms with Crippen molar-refractivity contribution in [3.63, 3.8) is 0 Å². The summed E-state index contributed by atoms with van der Waals surface area (Å²) >= 11 is 21.2. The summed E-state index contributed by atoms with van der Waals surface area (Å²) in [5, 5.41) is 2.09. The number of fused-ring (bicyclic) bond motifs is 3. The van der Waals surface area contributed by atoms with E-state index in [0.717, 1.165) is 48.8 Å². The Morgan fingerprint density at radius 1 is 0.579 bits per heavy atom. The normalized spacial score (nSPS) is 11.7. The van der Waals surface area contributed by atoms with E-state index in [-0.39, 0.29) is 0 Å². The highest BCUT2D eigenvalue weighted by atomic mass is 79.9. The summed E-state index contributed by atoms with van der Waals surface area (Å²) in [6.07, 6.45) is 0. The number of hydrogen-bond acceptors (Lipinski definition) is 1. The van der Waals surface area contributed by atoms with Gasteiger partial charge in [-0.15, -0.1) is 0 Å². The fraction of sp³-hybridized carbons (Fsp3) is 0. The molecule has 0 aliphatic heterocycles. The average Bonchev–Trinajstić information content (AvgIpc) is 2.73. The molecule has 3 rings (SSSR count). The van der Waals surface area contributed by atoms with Crippen LogP contribution in [-0.2, 0) is 0 Å². The first-order valence-corrected chi connectivity index (χ1v) is 9.70. The van der Waals surface area contributed by atoms with E-state index >= 15 is 0 Å². The molecular weight excluding hydrogens is 640 g/mol. The largest absolute Gasteiger partial charge is 0.454 e. The summed E-state index contributed by atoms with van der Waals surface area (Å²) in [5.74, 6) is 0. The number of furan rings is 1. The number of halogens is 6. The van der Waals surface area contributed by atoms with Crippen LogP contribution in [0.1, 0.15) is 0 Å². The maximum absolute atomic E-state index is 5.99. The quantitative estimate of drug-likeness (QED) is 0.226. The summed E-state index contributed by atoms with van der Waals surface area (Å²) in [5.41, 5.74) is 1.63. The monoisotopic (exact) mass is 636 g/mol. The van der Waals surface area contributed by atoms with E-state index in [9.17, 15) is 0 Å². The predicted molar refractivity (Wildman–Crippen MR) is 99.9 cm³/mol. The van der Waals surface area contributed by atoms with Crippen molar-refractivity contribution in [1.29, 1.82) is 0 Å². The molecule has 3 aromatic rings. The summed E-state index contributed by atoms with van der Waals surface area (Å²) in [7, 11) is 0. The second-order valence-electron chi connectivity index (χ2n) is 3.83. The Kier molecular flexibility index (Phi) is 4.27. The second kappa shape index (κ2) is 5.39. The molecule has 2 aromatic carbocycles. The van der Waals surface area contributed by atoms with Crippen molar-refractivity contribution in [2.75, 3.05) is 0 Å². The van der Waals surface area contributed by atoms with Gasteiger partial charge < -0.3 is 4.42 Å². The molecule has 1 nitrogen and oxygen atoms in total. The Balaban J connectivity index is 2.61. The van der Waals surface area contributed by atoms with E-state index in [1.165, 1.54) is 0 Å². The third-order valence-corrected chi connectivity index (χ3v) is 9.27. The van der Waals surface area contributed by atoms with Crippen LogP contribution in [0.5, 0.6) is 0 Å². The fourth-order valence-electron chi connectivity index (χ4n) is 1.86. The molecule has 0 amide bonds. The molecule has 0 unspecified atom stereocenters. The molecule has 0 aliphatic carbocycles. The zero-order valence-electron chi connectivity index (χ0n) is 8.83. The Morgan fingerprint density at radius 2 is 0.947 bits per heavy atom. The Hall–Kier alpha value is 1.12. The van der Waals surface area contributed by atoms with Gasteiger partial charge in [0.15, 0.2) is 11.2 Å². The van der Waals surface area contributed by atoms with E-state index < -0.39 is 0 Å². The van der Waals surface area contributed by atoms with E-state index in [4.69, 9.17) is 4.42 Å². The minimum atomic E-state index is 0.816.